The van der Waals surface area contributed by atoms with Gasteiger partial charge in [-0.1, -0.05) is 18.2 Å². The van der Waals surface area contributed by atoms with Crippen LogP contribution in [0.5, 0.6) is 5.75 Å². The minimum absolute atomic E-state index is 0.0685. The summed E-state index contributed by atoms with van der Waals surface area (Å²) in [6, 6.07) is 10.9. The smallest absolute Gasteiger partial charge is 0.339 e. The summed E-state index contributed by atoms with van der Waals surface area (Å²) in [7, 11) is 0. The SMILES string of the molecule is Nc1cnc(NCCCOc2ccccc2)c(C(=O)O)c1. The fourth-order valence-corrected chi connectivity index (χ4v) is 1.77. The zero-order valence-electron chi connectivity index (χ0n) is 11.5. The average molecular weight is 287 g/mol. The van der Waals surface area contributed by atoms with Crippen molar-refractivity contribution in [2.75, 3.05) is 24.2 Å². The number of rotatable bonds is 7. The highest BCUT2D eigenvalue weighted by molar-refractivity contribution is 5.94. The van der Waals surface area contributed by atoms with Gasteiger partial charge in [0.25, 0.3) is 0 Å². The van der Waals surface area contributed by atoms with Crippen molar-refractivity contribution < 1.29 is 14.6 Å². The van der Waals surface area contributed by atoms with Gasteiger partial charge < -0.3 is 20.9 Å². The van der Waals surface area contributed by atoms with Gasteiger partial charge in [-0.05, 0) is 24.6 Å². The fraction of sp³-hybridized carbons (Fsp3) is 0.200. The lowest BCUT2D eigenvalue weighted by Crippen LogP contribution is -2.12. The number of benzene rings is 1. The van der Waals surface area contributed by atoms with Crippen molar-refractivity contribution in [3.05, 3.63) is 48.2 Å². The Morgan fingerprint density at radius 1 is 1.33 bits per heavy atom. The van der Waals surface area contributed by atoms with Crippen molar-refractivity contribution in [1.82, 2.24) is 4.98 Å². The monoisotopic (exact) mass is 287 g/mol. The molecular weight excluding hydrogens is 270 g/mol. The predicted octanol–water partition coefficient (Wildman–Crippen LogP) is 2.24. The average Bonchev–Trinajstić information content (AvgIpc) is 2.49. The molecule has 0 aliphatic carbocycles. The van der Waals surface area contributed by atoms with Gasteiger partial charge in [0.15, 0.2) is 0 Å². The van der Waals surface area contributed by atoms with Crippen LogP contribution in [-0.4, -0.2) is 29.2 Å². The highest BCUT2D eigenvalue weighted by Gasteiger charge is 2.11. The van der Waals surface area contributed by atoms with Gasteiger partial charge in [0.2, 0.25) is 0 Å². The van der Waals surface area contributed by atoms with Crippen LogP contribution in [-0.2, 0) is 0 Å². The summed E-state index contributed by atoms with van der Waals surface area (Å²) < 4.78 is 5.54. The third-order valence-electron chi connectivity index (χ3n) is 2.76. The molecule has 0 spiro atoms. The number of hydrogen-bond donors (Lipinski definition) is 3. The lowest BCUT2D eigenvalue weighted by atomic mass is 10.2. The van der Waals surface area contributed by atoms with E-state index in [1.807, 2.05) is 30.3 Å². The number of aromatic nitrogens is 1. The molecule has 1 aromatic heterocycles. The second-order valence-electron chi connectivity index (χ2n) is 4.41. The number of ether oxygens (including phenoxy) is 1. The van der Waals surface area contributed by atoms with Crippen LogP contribution in [0.15, 0.2) is 42.6 Å². The van der Waals surface area contributed by atoms with Crippen LogP contribution < -0.4 is 15.8 Å². The van der Waals surface area contributed by atoms with Crippen molar-refractivity contribution in [3.8, 4) is 5.75 Å². The Balaban J connectivity index is 1.80. The molecule has 6 nitrogen and oxygen atoms in total. The molecule has 0 bridgehead atoms. The van der Waals surface area contributed by atoms with Crippen LogP contribution in [0.2, 0.25) is 0 Å². The maximum absolute atomic E-state index is 11.1. The minimum Gasteiger partial charge on any atom is -0.494 e. The standard InChI is InChI=1S/C15H17N3O3/c16-11-9-13(15(19)20)14(18-10-11)17-7-4-8-21-12-5-2-1-3-6-12/h1-3,5-6,9-10H,4,7-8,16H2,(H,17,18)(H,19,20). The Hall–Kier alpha value is -2.76. The third kappa shape index (κ3) is 4.38. The highest BCUT2D eigenvalue weighted by Crippen LogP contribution is 2.15. The van der Waals surface area contributed by atoms with E-state index in [1.54, 1.807) is 0 Å². The Labute approximate surface area is 122 Å². The fourth-order valence-electron chi connectivity index (χ4n) is 1.77. The van der Waals surface area contributed by atoms with Gasteiger partial charge in [-0.15, -0.1) is 0 Å². The molecule has 6 heteroatoms. The first kappa shape index (κ1) is 14.6. The maximum atomic E-state index is 11.1. The zero-order chi connectivity index (χ0) is 15.1. The minimum atomic E-state index is -1.06. The molecule has 21 heavy (non-hydrogen) atoms. The van der Waals surface area contributed by atoms with Crippen molar-refractivity contribution in [3.63, 3.8) is 0 Å². The second-order valence-corrected chi connectivity index (χ2v) is 4.41. The van der Waals surface area contributed by atoms with Gasteiger partial charge >= 0.3 is 5.97 Å². The summed E-state index contributed by atoms with van der Waals surface area (Å²) in [6.07, 6.45) is 2.15. The number of carbonyl (C=O) groups is 1. The molecule has 110 valence electrons. The summed E-state index contributed by atoms with van der Waals surface area (Å²) in [4.78, 5) is 15.1. The number of nitrogen functional groups attached to an aromatic ring is 1. The van der Waals surface area contributed by atoms with Crippen molar-refractivity contribution in [1.29, 1.82) is 0 Å². The largest absolute Gasteiger partial charge is 0.494 e. The van der Waals surface area contributed by atoms with Crippen LogP contribution in [0, 0.1) is 0 Å². The molecule has 0 saturated heterocycles. The second kappa shape index (κ2) is 7.14. The van der Waals surface area contributed by atoms with Crippen molar-refractivity contribution in [2.24, 2.45) is 0 Å². The zero-order valence-corrected chi connectivity index (χ0v) is 11.5. The number of nitrogens with two attached hydrogens (primary N) is 1. The summed E-state index contributed by atoms with van der Waals surface area (Å²) >= 11 is 0. The van der Waals surface area contributed by atoms with E-state index in [2.05, 4.69) is 10.3 Å². The Morgan fingerprint density at radius 2 is 2.10 bits per heavy atom. The normalized spacial score (nSPS) is 10.1. The van der Waals surface area contributed by atoms with Crippen LogP contribution in [0.25, 0.3) is 0 Å². The quantitative estimate of drug-likeness (QED) is 0.676. The summed E-state index contributed by atoms with van der Waals surface area (Å²) in [6.45, 7) is 1.10. The number of nitrogens with one attached hydrogen (secondary N) is 1. The number of carboxylic acids is 1. The van der Waals surface area contributed by atoms with Crippen LogP contribution >= 0.6 is 0 Å². The number of para-hydroxylation sites is 1. The Kier molecular flexibility index (Phi) is 4.98. The van der Waals surface area contributed by atoms with Gasteiger partial charge in [0.05, 0.1) is 18.5 Å². The molecule has 0 fully saturated rings. The first-order valence-corrected chi connectivity index (χ1v) is 6.57. The van der Waals surface area contributed by atoms with E-state index >= 15 is 0 Å². The maximum Gasteiger partial charge on any atom is 0.339 e. The Morgan fingerprint density at radius 3 is 2.81 bits per heavy atom. The van der Waals surface area contributed by atoms with Crippen molar-refractivity contribution >= 4 is 17.5 Å². The number of carboxylic acid groups (broad SMARTS) is 1. The molecule has 1 heterocycles. The summed E-state index contributed by atoms with van der Waals surface area (Å²) in [5.41, 5.74) is 5.93. The predicted molar refractivity (Wildman–Crippen MR) is 80.7 cm³/mol. The lowest BCUT2D eigenvalue weighted by molar-refractivity contribution is 0.0697. The van der Waals surface area contributed by atoms with Gasteiger partial charge in [-0.3, -0.25) is 0 Å². The lowest BCUT2D eigenvalue weighted by Gasteiger charge is -2.10. The molecule has 0 atom stereocenters. The van der Waals surface area contributed by atoms with E-state index in [0.717, 1.165) is 12.2 Å². The van der Waals surface area contributed by atoms with Gasteiger partial charge in [0, 0.05) is 6.54 Å². The van der Waals surface area contributed by atoms with E-state index < -0.39 is 5.97 Å². The van der Waals surface area contributed by atoms with E-state index in [4.69, 9.17) is 15.6 Å². The van der Waals surface area contributed by atoms with Crippen molar-refractivity contribution in [2.45, 2.75) is 6.42 Å². The summed E-state index contributed by atoms with van der Waals surface area (Å²) in [5, 5.41) is 12.1. The van der Waals surface area contributed by atoms with E-state index in [9.17, 15) is 4.79 Å². The molecule has 0 aliphatic heterocycles. The van der Waals surface area contributed by atoms with E-state index in [1.165, 1.54) is 12.3 Å². The molecule has 0 aliphatic rings. The highest BCUT2D eigenvalue weighted by atomic mass is 16.5. The van der Waals surface area contributed by atoms with Gasteiger partial charge in [-0.2, -0.15) is 0 Å². The Bertz CT molecular complexity index is 602. The first-order chi connectivity index (χ1) is 10.2. The van der Waals surface area contributed by atoms with Gasteiger partial charge in [-0.25, -0.2) is 9.78 Å². The first-order valence-electron chi connectivity index (χ1n) is 6.57. The van der Waals surface area contributed by atoms with Crippen LogP contribution in [0.4, 0.5) is 11.5 Å². The van der Waals surface area contributed by atoms with Crippen LogP contribution in [0.3, 0.4) is 0 Å². The molecule has 1 aromatic carbocycles. The molecular formula is C15H17N3O3. The van der Waals surface area contributed by atoms with Gasteiger partial charge in [0.1, 0.15) is 17.1 Å². The third-order valence-corrected chi connectivity index (χ3v) is 2.76. The molecule has 2 aromatic rings. The summed E-state index contributed by atoms with van der Waals surface area (Å²) in [5.74, 6) is 0.0728. The molecule has 0 unspecified atom stereocenters. The number of pyridine rings is 1. The van der Waals surface area contributed by atoms with Crippen LogP contribution in [0.1, 0.15) is 16.8 Å². The molecule has 0 amide bonds. The molecule has 0 radical (unpaired) electrons. The molecule has 0 saturated carbocycles. The number of hydrogen-bond acceptors (Lipinski definition) is 5. The molecule has 2 rings (SSSR count). The number of nitrogens with zero attached hydrogens (tertiary/aromatic N) is 1. The molecule has 4 N–H and O–H groups in total. The topological polar surface area (TPSA) is 97.5 Å². The van der Waals surface area contributed by atoms with E-state index in [0.29, 0.717) is 24.7 Å². The number of anilines is 2. The number of aromatic carboxylic acids is 1. The van der Waals surface area contributed by atoms with E-state index in [-0.39, 0.29) is 5.56 Å².